The van der Waals surface area contributed by atoms with Crippen LogP contribution in [0, 0.1) is 0 Å². The average Bonchev–Trinajstić information content (AvgIpc) is 2.24. The number of nitrogens with zero attached hydrogens (tertiary/aromatic N) is 1. The Morgan fingerprint density at radius 1 is 1.40 bits per heavy atom. The Kier molecular flexibility index (Phi) is 3.80. The predicted molar refractivity (Wildman–Crippen MR) is 83.2 cm³/mol. The molecular weight excluding hydrogens is 346 g/mol. The van der Waals surface area contributed by atoms with E-state index >= 15 is 0 Å². The van der Waals surface area contributed by atoms with Crippen LogP contribution < -0.4 is 16.2 Å². The second-order valence-corrected chi connectivity index (χ2v) is 6.13. The molecule has 1 aromatic rings. The third-order valence-corrected chi connectivity index (χ3v) is 3.60. The van der Waals surface area contributed by atoms with Crippen LogP contribution in [0.1, 0.15) is 29.8 Å². The number of rotatable bonds is 1. The average molecular weight is 359 g/mol. The Morgan fingerprint density at radius 3 is 2.65 bits per heavy atom. The molecule has 0 spiro atoms. The normalized spacial score (nSPS) is 15.7. The van der Waals surface area contributed by atoms with Crippen molar-refractivity contribution in [2.45, 2.75) is 19.4 Å². The molecular formula is C13H13BrClN3O2. The van der Waals surface area contributed by atoms with Gasteiger partial charge in [-0.25, -0.2) is 0 Å². The van der Waals surface area contributed by atoms with Crippen molar-refractivity contribution in [3.8, 4) is 5.75 Å². The smallest absolute Gasteiger partial charge is 0.281 e. The van der Waals surface area contributed by atoms with E-state index in [9.17, 15) is 4.79 Å². The van der Waals surface area contributed by atoms with Crippen molar-refractivity contribution in [3.63, 3.8) is 0 Å². The molecule has 4 N–H and O–H groups in total. The lowest BCUT2D eigenvalue weighted by Crippen LogP contribution is -2.28. The lowest BCUT2D eigenvalue weighted by atomic mass is 10.0. The van der Waals surface area contributed by atoms with Gasteiger partial charge >= 0.3 is 0 Å². The fourth-order valence-electron chi connectivity index (χ4n) is 1.86. The van der Waals surface area contributed by atoms with Gasteiger partial charge in [-0.15, -0.1) is 0 Å². The van der Waals surface area contributed by atoms with Crippen molar-refractivity contribution in [1.82, 2.24) is 0 Å². The molecule has 0 saturated carbocycles. The van der Waals surface area contributed by atoms with E-state index in [1.165, 1.54) is 0 Å². The number of halogens is 2. The zero-order valence-corrected chi connectivity index (χ0v) is 13.2. The van der Waals surface area contributed by atoms with Crippen LogP contribution in [0.4, 0.5) is 0 Å². The van der Waals surface area contributed by atoms with Crippen LogP contribution in [0.15, 0.2) is 23.2 Å². The first-order valence-corrected chi connectivity index (χ1v) is 6.92. The molecule has 1 aromatic carbocycles. The first kappa shape index (κ1) is 14.9. The van der Waals surface area contributed by atoms with E-state index in [4.69, 9.17) is 27.8 Å². The zero-order valence-electron chi connectivity index (χ0n) is 10.9. The summed E-state index contributed by atoms with van der Waals surface area (Å²) >= 11 is 9.56. The van der Waals surface area contributed by atoms with Crippen molar-refractivity contribution >= 4 is 43.9 Å². The van der Waals surface area contributed by atoms with Gasteiger partial charge in [-0.05, 0) is 26.0 Å². The highest BCUT2D eigenvalue weighted by Crippen LogP contribution is 2.41. The van der Waals surface area contributed by atoms with Crippen LogP contribution in [0.25, 0.3) is 4.48 Å². The molecule has 20 heavy (non-hydrogen) atoms. The van der Waals surface area contributed by atoms with Gasteiger partial charge in [0.1, 0.15) is 11.4 Å². The summed E-state index contributed by atoms with van der Waals surface area (Å²) in [6.07, 6.45) is 1.90. The summed E-state index contributed by atoms with van der Waals surface area (Å²) in [5.74, 6) is -0.311. The first-order chi connectivity index (χ1) is 9.19. The minimum absolute atomic E-state index is 0.215. The monoisotopic (exact) mass is 357 g/mol. The van der Waals surface area contributed by atoms with Crippen LogP contribution in [0.3, 0.4) is 0 Å². The fraction of sp³-hybridized carbons (Fsp3) is 0.231. The Morgan fingerprint density at radius 2 is 2.05 bits per heavy atom. The Balaban J connectivity index is 2.54. The Bertz CT molecular complexity index is 649. The number of carbonyl (C=O) groups excluding carboxylic acids is 1. The first-order valence-electron chi connectivity index (χ1n) is 5.75. The summed E-state index contributed by atoms with van der Waals surface area (Å²) in [5.41, 5.74) is 10.9. The van der Waals surface area contributed by atoms with Crippen molar-refractivity contribution in [3.05, 3.63) is 34.4 Å². The van der Waals surface area contributed by atoms with E-state index in [1.54, 1.807) is 12.1 Å². The molecule has 2 rings (SSSR count). The number of hydrogen-bond acceptors (Lipinski definition) is 2. The maximum absolute atomic E-state index is 11.9. The van der Waals surface area contributed by atoms with Gasteiger partial charge in [0.05, 0.1) is 10.6 Å². The summed E-state index contributed by atoms with van der Waals surface area (Å²) < 4.78 is 6.62. The van der Waals surface area contributed by atoms with Gasteiger partial charge in [-0.1, -0.05) is 27.5 Å². The summed E-state index contributed by atoms with van der Waals surface area (Å²) in [6.45, 7) is 3.84. The summed E-state index contributed by atoms with van der Waals surface area (Å²) in [7, 11) is 0. The number of ether oxygens (including phenoxy) is 1. The quantitative estimate of drug-likeness (QED) is 0.596. The number of aliphatic imine (C=N–C) groups is 1. The molecule has 1 aliphatic heterocycles. The SMILES string of the molecule is CC1(C)C=C(Br)c2cc(C(=O)N=C(N)N)c(Cl)cc2O1. The van der Waals surface area contributed by atoms with Gasteiger partial charge < -0.3 is 16.2 Å². The van der Waals surface area contributed by atoms with Crippen molar-refractivity contribution in [1.29, 1.82) is 0 Å². The molecule has 1 heterocycles. The summed E-state index contributed by atoms with van der Waals surface area (Å²) in [5, 5.41) is 0.233. The Hall–Kier alpha value is -1.53. The van der Waals surface area contributed by atoms with Crippen LogP contribution >= 0.6 is 27.5 Å². The maximum atomic E-state index is 11.9. The van der Waals surface area contributed by atoms with Crippen LogP contribution in [-0.4, -0.2) is 17.5 Å². The summed E-state index contributed by atoms with van der Waals surface area (Å²) in [6, 6.07) is 3.19. The molecule has 5 nitrogen and oxygen atoms in total. The highest BCUT2D eigenvalue weighted by Gasteiger charge is 2.27. The minimum Gasteiger partial charge on any atom is -0.483 e. The fourth-order valence-corrected chi connectivity index (χ4v) is 2.96. The molecule has 0 unspecified atom stereocenters. The maximum Gasteiger partial charge on any atom is 0.281 e. The van der Waals surface area contributed by atoms with Crippen LogP contribution in [-0.2, 0) is 0 Å². The number of guanidine groups is 1. The standard InChI is InChI=1S/C13H13BrClN3O2/c1-13(2)5-8(14)6-3-7(11(19)18-12(16)17)9(15)4-10(6)20-13/h3-5H,1-2H3,(H4,16,17,18,19). The van der Waals surface area contributed by atoms with Crippen molar-refractivity contribution in [2.75, 3.05) is 0 Å². The third-order valence-electron chi connectivity index (χ3n) is 2.63. The van der Waals surface area contributed by atoms with E-state index in [0.717, 1.165) is 10.0 Å². The third kappa shape index (κ3) is 2.96. The number of nitrogens with two attached hydrogens (primary N) is 2. The van der Waals surface area contributed by atoms with Crippen LogP contribution in [0.2, 0.25) is 5.02 Å². The second-order valence-electron chi connectivity index (χ2n) is 4.87. The van der Waals surface area contributed by atoms with E-state index in [2.05, 4.69) is 20.9 Å². The number of carbonyl (C=O) groups is 1. The van der Waals surface area contributed by atoms with Crippen LogP contribution in [0.5, 0.6) is 5.75 Å². The lowest BCUT2D eigenvalue weighted by Gasteiger charge is -2.29. The van der Waals surface area contributed by atoms with E-state index in [-0.39, 0.29) is 16.5 Å². The molecule has 0 fully saturated rings. The molecule has 0 radical (unpaired) electrons. The molecule has 7 heteroatoms. The second kappa shape index (κ2) is 5.10. The van der Waals surface area contributed by atoms with Gasteiger partial charge in [-0.3, -0.25) is 4.79 Å². The van der Waals surface area contributed by atoms with Gasteiger partial charge in [0.2, 0.25) is 0 Å². The number of fused-ring (bicyclic) bond motifs is 1. The Labute approximate surface area is 129 Å². The predicted octanol–water partition coefficient (Wildman–Crippen LogP) is 2.66. The van der Waals surface area contributed by atoms with E-state index in [1.807, 2.05) is 19.9 Å². The molecule has 0 aliphatic carbocycles. The van der Waals surface area contributed by atoms with Gasteiger partial charge in [-0.2, -0.15) is 4.99 Å². The molecule has 0 atom stereocenters. The zero-order chi connectivity index (χ0) is 15.1. The van der Waals surface area contributed by atoms with Crippen molar-refractivity contribution in [2.24, 2.45) is 16.5 Å². The highest BCUT2D eigenvalue weighted by molar-refractivity contribution is 9.15. The lowest BCUT2D eigenvalue weighted by molar-refractivity contribution is 0.100. The molecule has 1 aliphatic rings. The van der Waals surface area contributed by atoms with E-state index in [0.29, 0.717) is 5.75 Å². The molecule has 0 aromatic heterocycles. The largest absolute Gasteiger partial charge is 0.483 e. The molecule has 1 amide bonds. The van der Waals surface area contributed by atoms with E-state index < -0.39 is 11.5 Å². The number of amides is 1. The highest BCUT2D eigenvalue weighted by atomic mass is 79.9. The minimum atomic E-state index is -0.595. The number of benzene rings is 1. The van der Waals surface area contributed by atoms with Gasteiger partial charge in [0, 0.05) is 16.1 Å². The molecule has 0 bridgehead atoms. The van der Waals surface area contributed by atoms with Gasteiger partial charge in [0.25, 0.3) is 5.91 Å². The van der Waals surface area contributed by atoms with Crippen molar-refractivity contribution < 1.29 is 9.53 Å². The topological polar surface area (TPSA) is 90.7 Å². The van der Waals surface area contributed by atoms with Gasteiger partial charge in [0.15, 0.2) is 5.96 Å². The number of hydrogen-bond donors (Lipinski definition) is 2. The summed E-state index contributed by atoms with van der Waals surface area (Å²) in [4.78, 5) is 15.4. The molecule has 106 valence electrons. The molecule has 0 saturated heterocycles.